The smallest absolute Gasteiger partial charge is 0.254 e. The molecule has 0 aromatic heterocycles. The zero-order chi connectivity index (χ0) is 13.8. The Morgan fingerprint density at radius 3 is 2.61 bits per heavy atom. The lowest BCUT2D eigenvalue weighted by atomic mass is 10.1. The number of amides is 1. The third-order valence-corrected chi connectivity index (χ3v) is 2.49. The van der Waals surface area contributed by atoms with Gasteiger partial charge in [0.2, 0.25) is 0 Å². The van der Waals surface area contributed by atoms with Gasteiger partial charge in [0.15, 0.2) is 0 Å². The lowest BCUT2D eigenvalue weighted by molar-refractivity contribution is 0.0820. The summed E-state index contributed by atoms with van der Waals surface area (Å²) in [5.74, 6) is 0.251. The number of carbonyl (C=O) groups excluding carboxylic acids is 1. The maximum Gasteiger partial charge on any atom is 0.254 e. The van der Waals surface area contributed by atoms with E-state index in [0.717, 1.165) is 0 Å². The van der Waals surface area contributed by atoms with Crippen LogP contribution in [0.2, 0.25) is 0 Å². The van der Waals surface area contributed by atoms with Gasteiger partial charge in [0.1, 0.15) is 5.75 Å². The Labute approximate surface area is 107 Å². The van der Waals surface area contributed by atoms with E-state index in [0.29, 0.717) is 23.6 Å². The van der Waals surface area contributed by atoms with E-state index in [1.54, 1.807) is 25.3 Å². The number of ether oxygens (including phenoxy) is 2. The van der Waals surface area contributed by atoms with E-state index in [4.69, 9.17) is 15.2 Å². The van der Waals surface area contributed by atoms with Crippen LogP contribution in [-0.2, 0) is 4.74 Å². The van der Waals surface area contributed by atoms with Crippen LogP contribution in [0.1, 0.15) is 24.2 Å². The first-order valence-corrected chi connectivity index (χ1v) is 5.65. The molecule has 0 spiro atoms. The van der Waals surface area contributed by atoms with Crippen LogP contribution in [0.5, 0.6) is 5.75 Å². The minimum absolute atomic E-state index is 0.242. The second kappa shape index (κ2) is 5.73. The number of carbonyl (C=O) groups is 1. The molecule has 0 aliphatic rings. The van der Waals surface area contributed by atoms with Gasteiger partial charge in [-0.3, -0.25) is 4.79 Å². The van der Waals surface area contributed by atoms with E-state index in [1.807, 2.05) is 13.8 Å². The highest BCUT2D eigenvalue weighted by molar-refractivity contribution is 6.00. The van der Waals surface area contributed by atoms with E-state index in [2.05, 4.69) is 5.32 Å². The Balaban J connectivity index is 2.91. The van der Waals surface area contributed by atoms with Gasteiger partial charge in [0, 0.05) is 7.11 Å². The molecule has 1 aromatic rings. The predicted octanol–water partition coefficient (Wildman–Crippen LogP) is 1.43. The highest BCUT2D eigenvalue weighted by Crippen LogP contribution is 2.25. The van der Waals surface area contributed by atoms with Gasteiger partial charge in [0.05, 0.1) is 30.5 Å². The molecule has 0 heterocycles. The van der Waals surface area contributed by atoms with Crippen molar-refractivity contribution in [2.24, 2.45) is 0 Å². The number of benzene rings is 1. The van der Waals surface area contributed by atoms with Crippen molar-refractivity contribution in [3.63, 3.8) is 0 Å². The van der Waals surface area contributed by atoms with Crippen LogP contribution in [-0.4, -0.2) is 32.3 Å². The predicted molar refractivity (Wildman–Crippen MR) is 70.8 cm³/mol. The van der Waals surface area contributed by atoms with Crippen LogP contribution in [0.4, 0.5) is 5.69 Å². The molecule has 0 fully saturated rings. The first-order chi connectivity index (χ1) is 8.41. The number of anilines is 1. The van der Waals surface area contributed by atoms with E-state index in [1.165, 1.54) is 7.11 Å². The molecule has 5 heteroatoms. The number of rotatable bonds is 5. The lowest BCUT2D eigenvalue weighted by Gasteiger charge is -2.25. The maximum atomic E-state index is 12.1. The zero-order valence-corrected chi connectivity index (χ0v) is 11.2. The van der Waals surface area contributed by atoms with Crippen LogP contribution in [0.3, 0.4) is 0 Å². The summed E-state index contributed by atoms with van der Waals surface area (Å²) in [5.41, 5.74) is 6.15. The number of methoxy groups -OCH3 is 2. The number of hydrogen-bond donors (Lipinski definition) is 2. The van der Waals surface area contributed by atoms with Gasteiger partial charge in [0.25, 0.3) is 5.91 Å². The first kappa shape index (κ1) is 14.3. The third-order valence-electron chi connectivity index (χ3n) is 2.49. The number of nitrogen functional groups attached to an aromatic ring is 1. The summed E-state index contributed by atoms with van der Waals surface area (Å²) in [5, 5.41) is 2.87. The number of nitrogens with two attached hydrogens (primary N) is 1. The van der Waals surface area contributed by atoms with Crippen LogP contribution < -0.4 is 15.8 Å². The summed E-state index contributed by atoms with van der Waals surface area (Å²) in [6.07, 6.45) is 0. The molecule has 5 nitrogen and oxygen atoms in total. The molecule has 18 heavy (non-hydrogen) atoms. The maximum absolute atomic E-state index is 12.1. The van der Waals surface area contributed by atoms with Crippen molar-refractivity contribution >= 4 is 11.6 Å². The van der Waals surface area contributed by atoms with Crippen molar-refractivity contribution in [3.8, 4) is 5.75 Å². The largest absolute Gasteiger partial charge is 0.495 e. The molecule has 3 N–H and O–H groups in total. The molecule has 0 aliphatic carbocycles. The highest BCUT2D eigenvalue weighted by atomic mass is 16.5. The van der Waals surface area contributed by atoms with Gasteiger partial charge in [-0.05, 0) is 26.0 Å². The number of para-hydroxylation sites is 1. The number of nitrogens with one attached hydrogen (secondary N) is 1. The van der Waals surface area contributed by atoms with E-state index < -0.39 is 5.54 Å². The molecule has 1 amide bonds. The number of hydrogen-bond acceptors (Lipinski definition) is 4. The lowest BCUT2D eigenvalue weighted by Crippen LogP contribution is -2.46. The van der Waals surface area contributed by atoms with Crippen molar-refractivity contribution in [3.05, 3.63) is 23.8 Å². The van der Waals surface area contributed by atoms with Crippen molar-refractivity contribution < 1.29 is 14.3 Å². The van der Waals surface area contributed by atoms with Gasteiger partial charge < -0.3 is 20.5 Å². The fourth-order valence-corrected chi connectivity index (χ4v) is 1.69. The van der Waals surface area contributed by atoms with Crippen molar-refractivity contribution in [1.29, 1.82) is 0 Å². The third kappa shape index (κ3) is 3.37. The Morgan fingerprint density at radius 1 is 1.39 bits per heavy atom. The van der Waals surface area contributed by atoms with Crippen LogP contribution in [0, 0.1) is 0 Å². The van der Waals surface area contributed by atoms with Gasteiger partial charge >= 0.3 is 0 Å². The van der Waals surface area contributed by atoms with Gasteiger partial charge in [-0.1, -0.05) is 6.07 Å². The molecule has 1 aromatic carbocycles. The van der Waals surface area contributed by atoms with Gasteiger partial charge in [-0.15, -0.1) is 0 Å². The Hall–Kier alpha value is -1.75. The average molecular weight is 252 g/mol. The Morgan fingerprint density at radius 2 is 2.06 bits per heavy atom. The molecule has 0 radical (unpaired) electrons. The van der Waals surface area contributed by atoms with Crippen LogP contribution in [0.15, 0.2) is 18.2 Å². The first-order valence-electron chi connectivity index (χ1n) is 5.65. The molecule has 0 bridgehead atoms. The van der Waals surface area contributed by atoms with E-state index in [-0.39, 0.29) is 5.91 Å². The quantitative estimate of drug-likeness (QED) is 0.777. The SMILES string of the molecule is COCC(C)(C)NC(=O)c1cccc(OC)c1N. The molecule has 0 atom stereocenters. The summed E-state index contributed by atoms with van der Waals surface area (Å²) in [6.45, 7) is 4.18. The van der Waals surface area contributed by atoms with E-state index >= 15 is 0 Å². The summed E-state index contributed by atoms with van der Waals surface area (Å²) in [7, 11) is 3.11. The zero-order valence-electron chi connectivity index (χ0n) is 11.2. The fourth-order valence-electron chi connectivity index (χ4n) is 1.69. The van der Waals surface area contributed by atoms with Crippen molar-refractivity contribution in [2.75, 3.05) is 26.6 Å². The molecule has 0 unspecified atom stereocenters. The highest BCUT2D eigenvalue weighted by Gasteiger charge is 2.22. The fraction of sp³-hybridized carbons (Fsp3) is 0.462. The molecule has 0 saturated heterocycles. The molecule has 0 saturated carbocycles. The van der Waals surface area contributed by atoms with Crippen LogP contribution in [0.25, 0.3) is 0 Å². The van der Waals surface area contributed by atoms with Gasteiger partial charge in [-0.25, -0.2) is 0 Å². The summed E-state index contributed by atoms with van der Waals surface area (Å²) in [6, 6.07) is 5.11. The minimum atomic E-state index is -0.457. The Kier molecular flexibility index (Phi) is 4.55. The normalized spacial score (nSPS) is 11.1. The van der Waals surface area contributed by atoms with Gasteiger partial charge in [-0.2, -0.15) is 0 Å². The average Bonchev–Trinajstić information content (AvgIpc) is 2.28. The summed E-state index contributed by atoms with van der Waals surface area (Å²) < 4.78 is 10.1. The Bertz CT molecular complexity index is 430. The summed E-state index contributed by atoms with van der Waals surface area (Å²) in [4.78, 5) is 12.1. The molecular weight excluding hydrogens is 232 g/mol. The molecule has 100 valence electrons. The second-order valence-corrected chi connectivity index (χ2v) is 4.69. The van der Waals surface area contributed by atoms with Crippen molar-refractivity contribution in [2.45, 2.75) is 19.4 Å². The van der Waals surface area contributed by atoms with E-state index in [9.17, 15) is 4.79 Å². The van der Waals surface area contributed by atoms with Crippen molar-refractivity contribution in [1.82, 2.24) is 5.32 Å². The molecular formula is C13H20N2O3. The molecule has 1 rings (SSSR count). The molecule has 0 aliphatic heterocycles. The standard InChI is InChI=1S/C13H20N2O3/c1-13(2,8-17-3)15-12(16)9-6-5-7-10(18-4)11(9)14/h5-7H,8,14H2,1-4H3,(H,15,16). The monoisotopic (exact) mass is 252 g/mol. The minimum Gasteiger partial charge on any atom is -0.495 e. The van der Waals surface area contributed by atoms with Crippen LogP contribution >= 0.6 is 0 Å². The summed E-state index contributed by atoms with van der Waals surface area (Å²) >= 11 is 0. The second-order valence-electron chi connectivity index (χ2n) is 4.69. The topological polar surface area (TPSA) is 73.6 Å².